The predicted molar refractivity (Wildman–Crippen MR) is 85.4 cm³/mol. The van der Waals surface area contributed by atoms with Gasteiger partial charge in [0, 0.05) is 31.4 Å². The van der Waals surface area contributed by atoms with Gasteiger partial charge >= 0.3 is 0 Å². The maximum absolute atomic E-state index is 12.5. The molecule has 0 radical (unpaired) electrons. The van der Waals surface area contributed by atoms with Gasteiger partial charge in [0.2, 0.25) is 5.91 Å². The molecule has 0 aromatic heterocycles. The van der Waals surface area contributed by atoms with Gasteiger partial charge in [-0.3, -0.25) is 9.59 Å². The van der Waals surface area contributed by atoms with Crippen LogP contribution < -0.4 is 11.1 Å². The maximum Gasteiger partial charge on any atom is 0.253 e. The molecule has 118 valence electrons. The van der Waals surface area contributed by atoms with Crippen molar-refractivity contribution in [1.82, 2.24) is 4.90 Å². The van der Waals surface area contributed by atoms with Crippen LogP contribution in [0.15, 0.2) is 24.3 Å². The molecule has 22 heavy (non-hydrogen) atoms. The van der Waals surface area contributed by atoms with E-state index in [4.69, 9.17) is 5.73 Å². The summed E-state index contributed by atoms with van der Waals surface area (Å²) in [6.45, 7) is 0. The minimum atomic E-state index is -0.0677. The van der Waals surface area contributed by atoms with Gasteiger partial charge in [0.25, 0.3) is 5.91 Å². The number of carbonyl (C=O) groups excluding carboxylic acids is 2. The van der Waals surface area contributed by atoms with Crippen molar-refractivity contribution in [2.75, 3.05) is 19.4 Å². The topological polar surface area (TPSA) is 75.4 Å². The third-order valence-corrected chi connectivity index (χ3v) is 5.09. The SMILES string of the molecule is CN(C)C(=O)c1ccc(NC(=O)C2C3CCC(C3)C2N)cc1. The number of anilines is 1. The van der Waals surface area contributed by atoms with Gasteiger partial charge in [-0.05, 0) is 55.4 Å². The summed E-state index contributed by atoms with van der Waals surface area (Å²) in [6.07, 6.45) is 3.37. The highest BCUT2D eigenvalue weighted by atomic mass is 16.2. The molecule has 2 aliphatic carbocycles. The highest BCUT2D eigenvalue weighted by molar-refractivity contribution is 5.96. The van der Waals surface area contributed by atoms with Gasteiger partial charge in [-0.25, -0.2) is 0 Å². The van der Waals surface area contributed by atoms with Crippen molar-refractivity contribution in [3.8, 4) is 0 Å². The van der Waals surface area contributed by atoms with Crippen LogP contribution in [0.2, 0.25) is 0 Å². The first-order valence-electron chi connectivity index (χ1n) is 7.85. The zero-order chi connectivity index (χ0) is 15.9. The molecule has 2 fully saturated rings. The molecule has 0 aliphatic heterocycles. The van der Waals surface area contributed by atoms with Gasteiger partial charge in [0.05, 0.1) is 5.92 Å². The first-order chi connectivity index (χ1) is 10.5. The fourth-order valence-corrected chi connectivity index (χ4v) is 3.90. The zero-order valence-corrected chi connectivity index (χ0v) is 13.1. The van der Waals surface area contributed by atoms with Gasteiger partial charge in [-0.2, -0.15) is 0 Å². The first-order valence-corrected chi connectivity index (χ1v) is 7.85. The van der Waals surface area contributed by atoms with E-state index in [2.05, 4.69) is 5.32 Å². The predicted octanol–water partition coefficient (Wildman–Crippen LogP) is 1.70. The lowest BCUT2D eigenvalue weighted by Gasteiger charge is -2.27. The summed E-state index contributed by atoms with van der Waals surface area (Å²) in [5.74, 6) is 0.858. The fourth-order valence-electron chi connectivity index (χ4n) is 3.90. The molecule has 1 aromatic rings. The van der Waals surface area contributed by atoms with Crippen LogP contribution >= 0.6 is 0 Å². The number of amides is 2. The average molecular weight is 301 g/mol. The van der Waals surface area contributed by atoms with Crippen LogP contribution in [0, 0.1) is 17.8 Å². The third-order valence-electron chi connectivity index (χ3n) is 5.09. The smallest absolute Gasteiger partial charge is 0.253 e. The molecule has 0 spiro atoms. The van der Waals surface area contributed by atoms with Gasteiger partial charge in [-0.1, -0.05) is 0 Å². The highest BCUT2D eigenvalue weighted by Crippen LogP contribution is 2.47. The number of hydrogen-bond donors (Lipinski definition) is 2. The number of fused-ring (bicyclic) bond motifs is 2. The van der Waals surface area contributed by atoms with Crippen molar-refractivity contribution in [1.29, 1.82) is 0 Å². The molecular weight excluding hydrogens is 278 g/mol. The number of carbonyl (C=O) groups is 2. The summed E-state index contributed by atoms with van der Waals surface area (Å²) in [6, 6.07) is 7.01. The van der Waals surface area contributed by atoms with Gasteiger partial charge in [0.1, 0.15) is 0 Å². The van der Waals surface area contributed by atoms with Crippen molar-refractivity contribution in [2.45, 2.75) is 25.3 Å². The van der Waals surface area contributed by atoms with E-state index in [9.17, 15) is 9.59 Å². The fraction of sp³-hybridized carbons (Fsp3) is 0.529. The van der Waals surface area contributed by atoms with E-state index in [1.54, 1.807) is 38.4 Å². The van der Waals surface area contributed by atoms with Gasteiger partial charge in [0.15, 0.2) is 0 Å². The Balaban J connectivity index is 1.66. The lowest BCUT2D eigenvalue weighted by molar-refractivity contribution is -0.121. The molecule has 3 N–H and O–H groups in total. The molecular formula is C17H23N3O2. The van der Waals surface area contributed by atoms with E-state index in [0.29, 0.717) is 17.4 Å². The molecule has 5 nitrogen and oxygen atoms in total. The number of nitrogens with two attached hydrogens (primary N) is 1. The second-order valence-corrected chi connectivity index (χ2v) is 6.70. The Morgan fingerprint density at radius 3 is 2.32 bits per heavy atom. The van der Waals surface area contributed by atoms with Crippen LogP contribution in [-0.2, 0) is 4.79 Å². The van der Waals surface area contributed by atoms with E-state index in [1.807, 2.05) is 0 Å². The molecule has 5 heteroatoms. The minimum absolute atomic E-state index is 0.00616. The molecule has 0 heterocycles. The summed E-state index contributed by atoms with van der Waals surface area (Å²) < 4.78 is 0. The normalized spacial score (nSPS) is 29.4. The molecule has 3 rings (SSSR count). The van der Waals surface area contributed by atoms with Crippen molar-refractivity contribution in [2.24, 2.45) is 23.5 Å². The van der Waals surface area contributed by atoms with Crippen molar-refractivity contribution >= 4 is 17.5 Å². The van der Waals surface area contributed by atoms with E-state index in [1.165, 1.54) is 4.90 Å². The Kier molecular flexibility index (Phi) is 3.91. The summed E-state index contributed by atoms with van der Waals surface area (Å²) in [7, 11) is 3.43. The van der Waals surface area contributed by atoms with Crippen LogP contribution in [0.4, 0.5) is 5.69 Å². The highest BCUT2D eigenvalue weighted by Gasteiger charge is 2.49. The van der Waals surface area contributed by atoms with Crippen LogP contribution in [0.25, 0.3) is 0 Å². The van der Waals surface area contributed by atoms with E-state index < -0.39 is 0 Å². The van der Waals surface area contributed by atoms with Crippen LogP contribution in [-0.4, -0.2) is 36.9 Å². The summed E-state index contributed by atoms with van der Waals surface area (Å²) in [5, 5.41) is 2.95. The van der Waals surface area contributed by atoms with E-state index in [0.717, 1.165) is 24.9 Å². The molecule has 4 unspecified atom stereocenters. The molecule has 1 aromatic carbocycles. The number of hydrogen-bond acceptors (Lipinski definition) is 3. The standard InChI is InChI=1S/C17H23N3O2/c1-20(2)17(22)10-5-7-13(8-6-10)19-16(21)14-11-3-4-12(9-11)15(14)18/h5-8,11-12,14-15H,3-4,9,18H2,1-2H3,(H,19,21). The van der Waals surface area contributed by atoms with E-state index >= 15 is 0 Å². The van der Waals surface area contributed by atoms with Gasteiger partial charge in [-0.15, -0.1) is 0 Å². The average Bonchev–Trinajstić information content (AvgIpc) is 3.08. The second kappa shape index (κ2) is 5.72. The number of nitrogens with zero attached hydrogens (tertiary/aromatic N) is 1. The summed E-state index contributed by atoms with van der Waals surface area (Å²) >= 11 is 0. The summed E-state index contributed by atoms with van der Waals surface area (Å²) in [4.78, 5) is 25.8. The first kappa shape index (κ1) is 15.0. The van der Waals surface area contributed by atoms with Crippen molar-refractivity contribution < 1.29 is 9.59 Å². The molecule has 2 aliphatic rings. The van der Waals surface area contributed by atoms with Crippen LogP contribution in [0.3, 0.4) is 0 Å². The van der Waals surface area contributed by atoms with Gasteiger partial charge < -0.3 is 16.0 Å². The number of rotatable bonds is 3. The minimum Gasteiger partial charge on any atom is -0.345 e. The lowest BCUT2D eigenvalue weighted by atomic mass is 9.84. The number of benzene rings is 1. The Bertz CT molecular complexity index is 580. The molecule has 2 saturated carbocycles. The Morgan fingerprint density at radius 2 is 1.77 bits per heavy atom. The Hall–Kier alpha value is -1.88. The monoisotopic (exact) mass is 301 g/mol. The largest absolute Gasteiger partial charge is 0.345 e. The quantitative estimate of drug-likeness (QED) is 0.892. The molecule has 2 amide bonds. The molecule has 0 saturated heterocycles. The number of nitrogens with one attached hydrogen (secondary N) is 1. The third kappa shape index (κ3) is 2.61. The second-order valence-electron chi connectivity index (χ2n) is 6.70. The molecule has 4 atom stereocenters. The summed E-state index contributed by atoms with van der Waals surface area (Å²) in [5.41, 5.74) is 7.53. The van der Waals surface area contributed by atoms with Crippen LogP contribution in [0.5, 0.6) is 0 Å². The Morgan fingerprint density at radius 1 is 1.14 bits per heavy atom. The molecule has 2 bridgehead atoms. The van der Waals surface area contributed by atoms with Crippen molar-refractivity contribution in [3.05, 3.63) is 29.8 Å². The van der Waals surface area contributed by atoms with Crippen molar-refractivity contribution in [3.63, 3.8) is 0 Å². The maximum atomic E-state index is 12.5. The van der Waals surface area contributed by atoms with Crippen LogP contribution in [0.1, 0.15) is 29.6 Å². The Labute approximate surface area is 130 Å². The lowest BCUT2D eigenvalue weighted by Crippen LogP contribution is -2.42. The van der Waals surface area contributed by atoms with E-state index in [-0.39, 0.29) is 23.8 Å². The zero-order valence-electron chi connectivity index (χ0n) is 13.1.